The lowest BCUT2D eigenvalue weighted by Crippen LogP contribution is -2.46. The van der Waals surface area contributed by atoms with Gasteiger partial charge in [0.05, 0.1) is 11.9 Å². The molecule has 0 N–H and O–H groups in total. The van der Waals surface area contributed by atoms with Crippen LogP contribution in [0.25, 0.3) is 0 Å². The molecule has 1 aromatic carbocycles. The fourth-order valence-corrected chi connectivity index (χ4v) is 2.99. The molecule has 3 rings (SSSR count). The van der Waals surface area contributed by atoms with Crippen LogP contribution in [0.3, 0.4) is 0 Å². The third kappa shape index (κ3) is 4.60. The minimum absolute atomic E-state index is 0.427. The van der Waals surface area contributed by atoms with Crippen molar-refractivity contribution in [3.63, 3.8) is 0 Å². The Morgan fingerprint density at radius 2 is 1.65 bits per heavy atom. The van der Waals surface area contributed by atoms with E-state index in [9.17, 15) is 22.4 Å². The highest BCUT2D eigenvalue weighted by atomic mass is 19.3. The number of rotatable bonds is 5. The second-order valence-electron chi connectivity index (χ2n) is 6.17. The number of hydrogen-bond donors (Lipinski definition) is 0. The van der Waals surface area contributed by atoms with Crippen LogP contribution in [0, 0.1) is 11.6 Å². The van der Waals surface area contributed by atoms with Crippen LogP contribution >= 0.6 is 0 Å². The monoisotopic (exact) mass is 370 g/mol. The van der Waals surface area contributed by atoms with Crippen molar-refractivity contribution in [3.05, 3.63) is 58.0 Å². The average molecular weight is 370 g/mol. The lowest BCUT2D eigenvalue weighted by molar-refractivity contribution is 0.119. The van der Waals surface area contributed by atoms with Crippen LogP contribution in [0.5, 0.6) is 0 Å². The quantitative estimate of drug-likeness (QED) is 0.756. The van der Waals surface area contributed by atoms with Crippen molar-refractivity contribution in [1.82, 2.24) is 14.7 Å². The second-order valence-corrected chi connectivity index (χ2v) is 6.17. The first-order chi connectivity index (χ1) is 12.4. The number of halogens is 4. The molecule has 1 fully saturated rings. The van der Waals surface area contributed by atoms with Crippen LogP contribution in [0.1, 0.15) is 5.56 Å². The van der Waals surface area contributed by atoms with Gasteiger partial charge in [-0.1, -0.05) is 0 Å². The normalized spacial score (nSPS) is 15.7. The van der Waals surface area contributed by atoms with Gasteiger partial charge in [0.2, 0.25) is 0 Å². The Bertz CT molecular complexity index is 798. The molecule has 2 heterocycles. The molecule has 5 nitrogen and oxygen atoms in total. The Morgan fingerprint density at radius 3 is 2.23 bits per heavy atom. The van der Waals surface area contributed by atoms with E-state index in [0.29, 0.717) is 44.0 Å². The highest BCUT2D eigenvalue weighted by Gasteiger charge is 2.19. The molecule has 0 spiro atoms. The van der Waals surface area contributed by atoms with Crippen molar-refractivity contribution >= 4 is 5.69 Å². The third-order valence-electron chi connectivity index (χ3n) is 4.23. The summed E-state index contributed by atoms with van der Waals surface area (Å²) in [6.07, 6.45) is -1.23. The van der Waals surface area contributed by atoms with E-state index in [-0.39, 0.29) is 0 Å². The Morgan fingerprint density at radius 1 is 1.00 bits per heavy atom. The molecular formula is C17H18F4N4O. The predicted molar refractivity (Wildman–Crippen MR) is 88.3 cm³/mol. The summed E-state index contributed by atoms with van der Waals surface area (Å²) in [5.74, 6) is -1.21. The summed E-state index contributed by atoms with van der Waals surface area (Å²) in [6.45, 7) is 2.17. The summed E-state index contributed by atoms with van der Waals surface area (Å²) in [6, 6.07) is 4.75. The zero-order chi connectivity index (χ0) is 18.7. The molecule has 0 radical (unpaired) electrons. The smallest absolute Gasteiger partial charge is 0.269 e. The molecule has 0 saturated carbocycles. The van der Waals surface area contributed by atoms with Crippen molar-refractivity contribution in [2.24, 2.45) is 0 Å². The molecule has 140 valence electrons. The van der Waals surface area contributed by atoms with Gasteiger partial charge in [0, 0.05) is 44.9 Å². The minimum Gasteiger partial charge on any atom is -0.368 e. The molecule has 0 unspecified atom stereocenters. The maximum Gasteiger partial charge on any atom is 0.269 e. The van der Waals surface area contributed by atoms with E-state index < -0.39 is 30.2 Å². The summed E-state index contributed by atoms with van der Waals surface area (Å²) < 4.78 is 52.0. The summed E-state index contributed by atoms with van der Waals surface area (Å²) in [7, 11) is 0. The van der Waals surface area contributed by atoms with E-state index in [1.807, 2.05) is 4.90 Å². The van der Waals surface area contributed by atoms with Crippen LogP contribution in [0.2, 0.25) is 0 Å². The molecule has 9 heteroatoms. The number of benzene rings is 1. The van der Waals surface area contributed by atoms with Gasteiger partial charge < -0.3 is 4.90 Å². The standard InChI is InChI=1S/C17H18F4N4O/c18-13-5-12(6-14(19)7-13)10-23-1-3-24(4-2-23)15-8-17(26)25(22-9-15)11-16(20)21/h5-9,16H,1-4,10-11H2. The SMILES string of the molecule is O=c1cc(N2CCN(Cc3cc(F)cc(F)c3)CC2)cnn1CC(F)F. The highest BCUT2D eigenvalue weighted by molar-refractivity contribution is 5.43. The van der Waals surface area contributed by atoms with Gasteiger partial charge in [-0.3, -0.25) is 9.69 Å². The molecule has 0 aliphatic carbocycles. The molecule has 0 atom stereocenters. The van der Waals surface area contributed by atoms with Crippen LogP contribution in [-0.4, -0.2) is 47.3 Å². The highest BCUT2D eigenvalue weighted by Crippen LogP contribution is 2.16. The maximum absolute atomic E-state index is 13.3. The van der Waals surface area contributed by atoms with Crippen molar-refractivity contribution in [1.29, 1.82) is 0 Å². The Balaban J connectivity index is 1.60. The molecule has 1 aliphatic heterocycles. The van der Waals surface area contributed by atoms with E-state index in [1.54, 1.807) is 0 Å². The molecular weight excluding hydrogens is 352 g/mol. The average Bonchev–Trinajstić information content (AvgIpc) is 2.56. The van der Waals surface area contributed by atoms with Gasteiger partial charge in [0.25, 0.3) is 12.0 Å². The Hall–Kier alpha value is -2.42. The second kappa shape index (κ2) is 7.86. The zero-order valence-electron chi connectivity index (χ0n) is 13.9. The van der Waals surface area contributed by atoms with E-state index in [0.717, 1.165) is 10.7 Å². The molecule has 0 amide bonds. The van der Waals surface area contributed by atoms with Gasteiger partial charge in [0.15, 0.2) is 0 Å². The van der Waals surface area contributed by atoms with Crippen molar-refractivity contribution in [2.45, 2.75) is 19.5 Å². The van der Waals surface area contributed by atoms with E-state index in [4.69, 9.17) is 0 Å². The third-order valence-corrected chi connectivity index (χ3v) is 4.23. The van der Waals surface area contributed by atoms with E-state index in [2.05, 4.69) is 10.00 Å². The largest absolute Gasteiger partial charge is 0.368 e. The summed E-state index contributed by atoms with van der Waals surface area (Å²) in [5, 5.41) is 3.79. The zero-order valence-corrected chi connectivity index (χ0v) is 13.9. The number of aromatic nitrogens is 2. The van der Waals surface area contributed by atoms with Crippen molar-refractivity contribution in [2.75, 3.05) is 31.1 Å². The van der Waals surface area contributed by atoms with Gasteiger partial charge in [-0.2, -0.15) is 5.10 Å². The Labute approximate surface area is 147 Å². The van der Waals surface area contributed by atoms with Crippen LogP contribution in [0.15, 0.2) is 35.3 Å². The summed E-state index contributed by atoms with van der Waals surface area (Å²) >= 11 is 0. The first kappa shape index (κ1) is 18.4. The first-order valence-corrected chi connectivity index (χ1v) is 8.18. The number of anilines is 1. The molecule has 0 bridgehead atoms. The molecule has 2 aromatic rings. The van der Waals surface area contributed by atoms with Gasteiger partial charge in [-0.15, -0.1) is 0 Å². The summed E-state index contributed by atoms with van der Waals surface area (Å²) in [5.41, 5.74) is 0.574. The number of nitrogens with zero attached hydrogens (tertiary/aromatic N) is 4. The van der Waals surface area contributed by atoms with Crippen LogP contribution in [-0.2, 0) is 13.1 Å². The van der Waals surface area contributed by atoms with Gasteiger partial charge >= 0.3 is 0 Å². The fraction of sp³-hybridized carbons (Fsp3) is 0.412. The molecule has 1 saturated heterocycles. The molecule has 26 heavy (non-hydrogen) atoms. The van der Waals surface area contributed by atoms with Gasteiger partial charge in [-0.05, 0) is 17.7 Å². The molecule has 1 aliphatic rings. The van der Waals surface area contributed by atoms with Gasteiger partial charge in [-0.25, -0.2) is 22.2 Å². The maximum atomic E-state index is 13.3. The van der Waals surface area contributed by atoms with Crippen molar-refractivity contribution < 1.29 is 17.6 Å². The number of hydrogen-bond acceptors (Lipinski definition) is 4. The van der Waals surface area contributed by atoms with E-state index in [1.165, 1.54) is 24.4 Å². The fourth-order valence-electron chi connectivity index (χ4n) is 2.99. The lowest BCUT2D eigenvalue weighted by atomic mass is 10.2. The van der Waals surface area contributed by atoms with E-state index >= 15 is 0 Å². The first-order valence-electron chi connectivity index (χ1n) is 8.18. The minimum atomic E-state index is -2.64. The van der Waals surface area contributed by atoms with Crippen molar-refractivity contribution in [3.8, 4) is 0 Å². The predicted octanol–water partition coefficient (Wildman–Crippen LogP) is 2.11. The number of piperazine rings is 1. The van der Waals surface area contributed by atoms with Crippen LogP contribution < -0.4 is 10.5 Å². The van der Waals surface area contributed by atoms with Gasteiger partial charge in [0.1, 0.15) is 18.2 Å². The number of alkyl halides is 2. The van der Waals surface area contributed by atoms with Crippen LogP contribution in [0.4, 0.5) is 23.2 Å². The Kier molecular flexibility index (Phi) is 5.55. The lowest BCUT2D eigenvalue weighted by Gasteiger charge is -2.35. The molecule has 1 aromatic heterocycles. The topological polar surface area (TPSA) is 41.4 Å². The summed E-state index contributed by atoms with van der Waals surface area (Å²) in [4.78, 5) is 15.8.